The first-order chi connectivity index (χ1) is 12.6. The first-order valence-corrected chi connectivity index (χ1v) is 8.54. The van der Waals surface area contributed by atoms with Gasteiger partial charge < -0.3 is 19.5 Å². The van der Waals surface area contributed by atoms with E-state index < -0.39 is 0 Å². The Morgan fingerprint density at radius 1 is 1.15 bits per heavy atom. The molecule has 3 rings (SSSR count). The molecule has 1 aromatic heterocycles. The number of methoxy groups -OCH3 is 3. The van der Waals surface area contributed by atoms with E-state index in [0.29, 0.717) is 47.6 Å². The maximum absolute atomic E-state index is 11.2. The van der Waals surface area contributed by atoms with Gasteiger partial charge in [0.15, 0.2) is 17.8 Å². The summed E-state index contributed by atoms with van der Waals surface area (Å²) < 4.78 is 16.0. The number of aromatic nitrogens is 2. The smallest absolute Gasteiger partial charge is 0.203 e. The third-order valence-corrected chi connectivity index (χ3v) is 4.51. The van der Waals surface area contributed by atoms with Gasteiger partial charge in [0.05, 0.1) is 21.3 Å². The van der Waals surface area contributed by atoms with Crippen molar-refractivity contribution in [2.24, 2.45) is 0 Å². The van der Waals surface area contributed by atoms with E-state index in [1.165, 1.54) is 0 Å². The van der Waals surface area contributed by atoms with Crippen LogP contribution in [0.1, 0.15) is 40.6 Å². The van der Waals surface area contributed by atoms with Crippen molar-refractivity contribution >= 4 is 23.7 Å². The van der Waals surface area contributed by atoms with Crippen molar-refractivity contribution in [1.29, 1.82) is 0 Å². The van der Waals surface area contributed by atoms with Crippen LogP contribution in [0.25, 0.3) is 0 Å². The highest BCUT2D eigenvalue weighted by Gasteiger charge is 2.28. The SMILES string of the molecule is COc1cc(CNc2nc(C3CC3)nc(C=O)c2Cl)cc(OC)c1OC. The zero-order chi connectivity index (χ0) is 18.7. The first-order valence-electron chi connectivity index (χ1n) is 8.16. The molecule has 7 nitrogen and oxygen atoms in total. The van der Waals surface area contributed by atoms with Crippen LogP contribution in [0.3, 0.4) is 0 Å². The molecular weight excluding hydrogens is 358 g/mol. The second-order valence-corrected chi connectivity index (χ2v) is 6.29. The fourth-order valence-corrected chi connectivity index (χ4v) is 2.82. The minimum Gasteiger partial charge on any atom is -0.493 e. The van der Waals surface area contributed by atoms with E-state index in [1.807, 2.05) is 12.1 Å². The molecule has 0 aliphatic heterocycles. The number of aldehydes is 1. The molecule has 0 saturated heterocycles. The lowest BCUT2D eigenvalue weighted by Crippen LogP contribution is -2.08. The predicted octanol–water partition coefficient (Wildman–Crippen LogP) is 3.46. The number of benzene rings is 1. The fraction of sp³-hybridized carbons (Fsp3) is 0.389. The van der Waals surface area contributed by atoms with Gasteiger partial charge in [-0.25, -0.2) is 9.97 Å². The Hall–Kier alpha value is -2.54. The van der Waals surface area contributed by atoms with Gasteiger partial charge >= 0.3 is 0 Å². The van der Waals surface area contributed by atoms with E-state index >= 15 is 0 Å². The van der Waals surface area contributed by atoms with Gasteiger partial charge in [0.1, 0.15) is 22.4 Å². The molecule has 2 aromatic rings. The second kappa shape index (κ2) is 7.78. The van der Waals surface area contributed by atoms with Crippen molar-refractivity contribution in [2.75, 3.05) is 26.6 Å². The van der Waals surface area contributed by atoms with Crippen LogP contribution in [-0.2, 0) is 6.54 Å². The average Bonchev–Trinajstić information content (AvgIpc) is 3.51. The Morgan fingerprint density at radius 3 is 2.31 bits per heavy atom. The number of carbonyl (C=O) groups excluding carboxylic acids is 1. The molecule has 1 aliphatic rings. The van der Waals surface area contributed by atoms with E-state index in [-0.39, 0.29) is 10.7 Å². The lowest BCUT2D eigenvalue weighted by Gasteiger charge is -2.15. The van der Waals surface area contributed by atoms with Crippen molar-refractivity contribution in [1.82, 2.24) is 9.97 Å². The van der Waals surface area contributed by atoms with E-state index in [4.69, 9.17) is 25.8 Å². The maximum Gasteiger partial charge on any atom is 0.203 e. The molecule has 8 heteroatoms. The normalized spacial score (nSPS) is 13.2. The highest BCUT2D eigenvalue weighted by atomic mass is 35.5. The van der Waals surface area contributed by atoms with Crippen LogP contribution in [0.2, 0.25) is 5.02 Å². The molecule has 1 saturated carbocycles. The number of rotatable bonds is 8. The van der Waals surface area contributed by atoms with Gasteiger partial charge in [-0.2, -0.15) is 0 Å². The molecule has 0 bridgehead atoms. The Labute approximate surface area is 156 Å². The Balaban J connectivity index is 1.87. The second-order valence-electron chi connectivity index (χ2n) is 5.91. The van der Waals surface area contributed by atoms with Crippen LogP contribution in [0.5, 0.6) is 17.2 Å². The predicted molar refractivity (Wildman–Crippen MR) is 97.8 cm³/mol. The van der Waals surface area contributed by atoms with Gasteiger partial charge in [0, 0.05) is 12.5 Å². The van der Waals surface area contributed by atoms with Gasteiger partial charge in [-0.1, -0.05) is 11.6 Å². The monoisotopic (exact) mass is 377 g/mol. The van der Waals surface area contributed by atoms with Crippen LogP contribution in [0.15, 0.2) is 12.1 Å². The lowest BCUT2D eigenvalue weighted by molar-refractivity contribution is 0.111. The van der Waals surface area contributed by atoms with Crippen LogP contribution >= 0.6 is 11.6 Å². The number of hydrogen-bond acceptors (Lipinski definition) is 7. The van der Waals surface area contributed by atoms with E-state index in [1.54, 1.807) is 21.3 Å². The van der Waals surface area contributed by atoms with Crippen molar-refractivity contribution in [3.05, 3.63) is 34.2 Å². The molecule has 0 amide bonds. The first kappa shape index (κ1) is 18.3. The molecule has 1 aromatic carbocycles. The standard InChI is InChI=1S/C18H20ClN3O4/c1-24-13-6-10(7-14(25-2)16(13)26-3)8-20-18-15(19)12(9-23)21-17(22-18)11-4-5-11/h6-7,9,11H,4-5,8H2,1-3H3,(H,20,21,22). The van der Waals surface area contributed by atoms with Crippen molar-refractivity contribution in [3.63, 3.8) is 0 Å². The van der Waals surface area contributed by atoms with Gasteiger partial charge in [0.2, 0.25) is 5.75 Å². The average molecular weight is 378 g/mol. The summed E-state index contributed by atoms with van der Waals surface area (Å²) in [5.41, 5.74) is 1.09. The molecular formula is C18H20ClN3O4. The summed E-state index contributed by atoms with van der Waals surface area (Å²) in [5, 5.41) is 3.39. The van der Waals surface area contributed by atoms with Gasteiger partial charge in [0.25, 0.3) is 0 Å². The third-order valence-electron chi connectivity index (χ3n) is 4.13. The molecule has 26 heavy (non-hydrogen) atoms. The molecule has 0 radical (unpaired) electrons. The molecule has 0 unspecified atom stereocenters. The number of nitrogens with zero attached hydrogens (tertiary/aromatic N) is 2. The van der Waals surface area contributed by atoms with Gasteiger partial charge in [-0.05, 0) is 30.5 Å². The summed E-state index contributed by atoms with van der Waals surface area (Å²) in [6, 6.07) is 3.68. The van der Waals surface area contributed by atoms with Crippen molar-refractivity contribution < 1.29 is 19.0 Å². The molecule has 1 N–H and O–H groups in total. The zero-order valence-corrected chi connectivity index (χ0v) is 15.6. The highest BCUT2D eigenvalue weighted by Crippen LogP contribution is 2.40. The quantitative estimate of drug-likeness (QED) is 0.705. The summed E-state index contributed by atoms with van der Waals surface area (Å²) in [6.07, 6.45) is 2.72. The number of nitrogens with one attached hydrogen (secondary N) is 1. The number of carbonyl (C=O) groups is 1. The number of halogens is 1. The highest BCUT2D eigenvalue weighted by molar-refractivity contribution is 6.35. The van der Waals surface area contributed by atoms with Crippen molar-refractivity contribution in [3.8, 4) is 17.2 Å². The van der Waals surface area contributed by atoms with E-state index in [2.05, 4.69) is 15.3 Å². The Kier molecular flexibility index (Phi) is 5.46. The van der Waals surface area contributed by atoms with Crippen molar-refractivity contribution in [2.45, 2.75) is 25.3 Å². The summed E-state index contributed by atoms with van der Waals surface area (Å²) >= 11 is 6.25. The molecule has 1 aliphatic carbocycles. The fourth-order valence-electron chi connectivity index (χ4n) is 2.62. The minimum absolute atomic E-state index is 0.205. The molecule has 1 fully saturated rings. The van der Waals surface area contributed by atoms with E-state index in [0.717, 1.165) is 18.4 Å². The minimum atomic E-state index is 0.205. The number of hydrogen-bond donors (Lipinski definition) is 1. The maximum atomic E-state index is 11.2. The molecule has 0 atom stereocenters. The summed E-state index contributed by atoms with van der Waals surface area (Å²) in [6.45, 7) is 0.413. The van der Waals surface area contributed by atoms with Gasteiger partial charge in [-0.3, -0.25) is 4.79 Å². The van der Waals surface area contributed by atoms with Gasteiger partial charge in [-0.15, -0.1) is 0 Å². The van der Waals surface area contributed by atoms with Crippen LogP contribution in [0, 0.1) is 0 Å². The zero-order valence-electron chi connectivity index (χ0n) is 14.8. The Bertz CT molecular complexity index is 799. The third kappa shape index (κ3) is 3.67. The molecule has 0 spiro atoms. The van der Waals surface area contributed by atoms with Crippen LogP contribution < -0.4 is 19.5 Å². The number of ether oxygens (including phenoxy) is 3. The topological polar surface area (TPSA) is 82.6 Å². The molecule has 1 heterocycles. The largest absolute Gasteiger partial charge is 0.493 e. The Morgan fingerprint density at radius 2 is 1.81 bits per heavy atom. The summed E-state index contributed by atoms with van der Waals surface area (Å²) in [5.74, 6) is 3.06. The molecule has 138 valence electrons. The van der Waals surface area contributed by atoms with Crippen LogP contribution in [-0.4, -0.2) is 37.6 Å². The summed E-state index contributed by atoms with van der Waals surface area (Å²) in [4.78, 5) is 20.0. The number of anilines is 1. The summed E-state index contributed by atoms with van der Waals surface area (Å²) in [7, 11) is 4.68. The van der Waals surface area contributed by atoms with Crippen LogP contribution in [0.4, 0.5) is 5.82 Å². The lowest BCUT2D eigenvalue weighted by atomic mass is 10.1. The van der Waals surface area contributed by atoms with E-state index in [9.17, 15) is 4.79 Å².